The molecule has 0 fully saturated rings. The summed E-state index contributed by atoms with van der Waals surface area (Å²) in [5.41, 5.74) is 17.0. The number of benzene rings is 2. The summed E-state index contributed by atoms with van der Waals surface area (Å²) in [4.78, 5) is 19.9. The molecule has 10 heteroatoms. The first-order valence-corrected chi connectivity index (χ1v) is 9.82. The SMILES string of the molecule is CCc1cc2cccc(Cl)c2c(=O)n1-c1cccc(F)c1.N#Cc1c(N)nc(N)nc1N. The van der Waals surface area contributed by atoms with E-state index in [0.29, 0.717) is 22.5 Å². The lowest BCUT2D eigenvalue weighted by atomic mass is 10.1. The Hall–Kier alpha value is -4.16. The summed E-state index contributed by atoms with van der Waals surface area (Å²) in [6.45, 7) is 1.96. The zero-order valence-corrected chi connectivity index (χ0v) is 17.8. The highest BCUT2D eigenvalue weighted by atomic mass is 35.5. The number of nitrogens with zero attached hydrogens (tertiary/aromatic N) is 4. The zero-order chi connectivity index (χ0) is 23.4. The maximum atomic E-state index is 13.5. The number of anilines is 3. The van der Waals surface area contributed by atoms with Crippen molar-refractivity contribution < 1.29 is 4.39 Å². The van der Waals surface area contributed by atoms with Gasteiger partial charge >= 0.3 is 0 Å². The predicted molar refractivity (Wildman–Crippen MR) is 124 cm³/mol. The van der Waals surface area contributed by atoms with E-state index in [1.165, 1.54) is 16.7 Å². The molecule has 2 aromatic carbocycles. The van der Waals surface area contributed by atoms with E-state index in [0.717, 1.165) is 11.1 Å². The van der Waals surface area contributed by atoms with E-state index in [4.69, 9.17) is 34.1 Å². The first-order valence-electron chi connectivity index (χ1n) is 9.44. The van der Waals surface area contributed by atoms with Gasteiger partial charge in [0.05, 0.1) is 16.1 Å². The van der Waals surface area contributed by atoms with E-state index in [-0.39, 0.29) is 34.5 Å². The molecule has 0 radical (unpaired) electrons. The van der Waals surface area contributed by atoms with Crippen LogP contribution in [-0.2, 0) is 6.42 Å². The molecule has 2 heterocycles. The second kappa shape index (κ2) is 9.32. The topological polar surface area (TPSA) is 150 Å². The van der Waals surface area contributed by atoms with Gasteiger partial charge in [0.25, 0.3) is 5.56 Å². The van der Waals surface area contributed by atoms with Gasteiger partial charge in [-0.15, -0.1) is 0 Å². The average Bonchev–Trinajstić information content (AvgIpc) is 2.73. The van der Waals surface area contributed by atoms with Crippen LogP contribution in [0.5, 0.6) is 0 Å². The van der Waals surface area contributed by atoms with Gasteiger partial charge in [0.1, 0.15) is 29.1 Å². The molecule has 6 N–H and O–H groups in total. The number of nitriles is 1. The molecule has 0 bridgehead atoms. The van der Waals surface area contributed by atoms with Gasteiger partial charge < -0.3 is 17.2 Å². The molecule has 0 saturated heterocycles. The van der Waals surface area contributed by atoms with E-state index in [2.05, 4.69) is 9.97 Å². The van der Waals surface area contributed by atoms with Crippen molar-refractivity contribution in [2.75, 3.05) is 17.2 Å². The van der Waals surface area contributed by atoms with Gasteiger partial charge in [-0.3, -0.25) is 9.36 Å². The quantitative estimate of drug-likeness (QED) is 0.422. The third-order valence-corrected chi connectivity index (χ3v) is 4.91. The Balaban J connectivity index is 0.000000222. The van der Waals surface area contributed by atoms with Gasteiger partial charge in [0, 0.05) is 5.69 Å². The first kappa shape index (κ1) is 22.5. The van der Waals surface area contributed by atoms with Gasteiger partial charge in [-0.1, -0.05) is 36.7 Å². The summed E-state index contributed by atoms with van der Waals surface area (Å²) >= 11 is 6.16. The number of aromatic nitrogens is 3. The van der Waals surface area contributed by atoms with Crippen molar-refractivity contribution >= 4 is 40.0 Å². The van der Waals surface area contributed by atoms with E-state index >= 15 is 0 Å². The van der Waals surface area contributed by atoms with Crippen molar-refractivity contribution in [2.45, 2.75) is 13.3 Å². The molecule has 2 aromatic heterocycles. The minimum absolute atomic E-state index is 0.0116. The van der Waals surface area contributed by atoms with E-state index in [1.54, 1.807) is 24.3 Å². The third-order valence-electron chi connectivity index (χ3n) is 4.59. The molecule has 0 saturated carbocycles. The molecular weight excluding hydrogens is 433 g/mol. The molecule has 0 aliphatic carbocycles. The lowest BCUT2D eigenvalue weighted by Crippen LogP contribution is -2.22. The van der Waals surface area contributed by atoms with Crippen LogP contribution >= 0.6 is 11.6 Å². The molecule has 0 unspecified atom stereocenters. The molecule has 0 atom stereocenters. The van der Waals surface area contributed by atoms with Crippen LogP contribution in [0.2, 0.25) is 5.02 Å². The van der Waals surface area contributed by atoms with Crippen LogP contribution in [0.3, 0.4) is 0 Å². The highest BCUT2D eigenvalue weighted by Crippen LogP contribution is 2.23. The Morgan fingerprint density at radius 1 is 1.09 bits per heavy atom. The minimum Gasteiger partial charge on any atom is -0.382 e. The fourth-order valence-electron chi connectivity index (χ4n) is 3.16. The second-order valence-electron chi connectivity index (χ2n) is 6.65. The number of fused-ring (bicyclic) bond motifs is 1. The fraction of sp³-hybridized carbons (Fsp3) is 0.0909. The third kappa shape index (κ3) is 4.45. The predicted octanol–water partition coefficient (Wildman–Crippen LogP) is 3.44. The normalized spacial score (nSPS) is 10.3. The number of rotatable bonds is 2. The lowest BCUT2D eigenvalue weighted by molar-refractivity contribution is 0.626. The second-order valence-corrected chi connectivity index (χ2v) is 7.06. The number of aryl methyl sites for hydroxylation is 1. The van der Waals surface area contributed by atoms with Crippen LogP contribution in [0.25, 0.3) is 16.5 Å². The van der Waals surface area contributed by atoms with Crippen molar-refractivity contribution in [3.05, 3.63) is 81.0 Å². The number of nitrogens with two attached hydrogens (primary N) is 3. The molecule has 0 spiro atoms. The maximum Gasteiger partial charge on any atom is 0.264 e. The van der Waals surface area contributed by atoms with Crippen LogP contribution in [0.4, 0.5) is 22.0 Å². The number of hydrogen-bond donors (Lipinski definition) is 3. The summed E-state index contributed by atoms with van der Waals surface area (Å²) in [6.07, 6.45) is 0.661. The van der Waals surface area contributed by atoms with Gasteiger partial charge in [-0.2, -0.15) is 15.2 Å². The Morgan fingerprint density at radius 3 is 2.34 bits per heavy atom. The van der Waals surface area contributed by atoms with Crippen LogP contribution in [-0.4, -0.2) is 14.5 Å². The first-order chi connectivity index (χ1) is 15.3. The summed E-state index contributed by atoms with van der Waals surface area (Å²) < 4.78 is 15.0. The van der Waals surface area contributed by atoms with Gasteiger partial charge in [-0.05, 0) is 42.1 Å². The molecule has 0 aliphatic rings. The van der Waals surface area contributed by atoms with Crippen LogP contribution in [0.15, 0.2) is 53.3 Å². The van der Waals surface area contributed by atoms with Crippen molar-refractivity contribution in [3.63, 3.8) is 0 Å². The molecule has 8 nitrogen and oxygen atoms in total. The lowest BCUT2D eigenvalue weighted by Gasteiger charge is -2.14. The Labute approximate surface area is 187 Å². The van der Waals surface area contributed by atoms with Crippen molar-refractivity contribution in [1.29, 1.82) is 5.26 Å². The van der Waals surface area contributed by atoms with E-state index < -0.39 is 0 Å². The molecule has 4 aromatic rings. The van der Waals surface area contributed by atoms with Crippen LogP contribution in [0.1, 0.15) is 18.2 Å². The van der Waals surface area contributed by atoms with Crippen molar-refractivity contribution in [2.24, 2.45) is 0 Å². The van der Waals surface area contributed by atoms with Crippen molar-refractivity contribution in [3.8, 4) is 11.8 Å². The van der Waals surface area contributed by atoms with Gasteiger partial charge in [-0.25, -0.2) is 4.39 Å². The van der Waals surface area contributed by atoms with Crippen molar-refractivity contribution in [1.82, 2.24) is 14.5 Å². The summed E-state index contributed by atoms with van der Waals surface area (Å²) in [5, 5.41) is 10.1. The largest absolute Gasteiger partial charge is 0.382 e. The minimum atomic E-state index is -0.374. The summed E-state index contributed by atoms with van der Waals surface area (Å²) in [5.74, 6) is -0.380. The van der Waals surface area contributed by atoms with Crippen LogP contribution < -0.4 is 22.8 Å². The standard InChI is InChI=1S/C17H13ClFNO.C5H6N6/c1-2-13-9-11-5-3-8-15(18)16(11)17(21)20(13)14-7-4-6-12(19)10-14;6-1-2-3(7)10-5(9)11-4(2)8/h3-10H,2H2,1H3;(H6,7,8,9,10,11). The molecule has 4 rings (SSSR count). The molecule has 0 aliphatic heterocycles. The number of nitrogen functional groups attached to an aromatic ring is 3. The van der Waals surface area contributed by atoms with E-state index in [1.807, 2.05) is 25.1 Å². The number of halogens is 2. The average molecular weight is 452 g/mol. The molecule has 32 heavy (non-hydrogen) atoms. The Morgan fingerprint density at radius 2 is 1.75 bits per heavy atom. The summed E-state index contributed by atoms with van der Waals surface area (Å²) in [7, 11) is 0. The van der Waals surface area contributed by atoms with Crippen LogP contribution in [0, 0.1) is 17.1 Å². The fourth-order valence-corrected chi connectivity index (χ4v) is 3.42. The Kier molecular flexibility index (Phi) is 6.56. The zero-order valence-electron chi connectivity index (χ0n) is 17.0. The highest BCUT2D eigenvalue weighted by molar-refractivity contribution is 6.35. The number of pyridine rings is 1. The van der Waals surface area contributed by atoms with E-state index in [9.17, 15) is 9.18 Å². The molecule has 0 amide bonds. The Bertz CT molecular complexity index is 1390. The monoisotopic (exact) mass is 451 g/mol. The maximum absolute atomic E-state index is 13.5. The highest BCUT2D eigenvalue weighted by Gasteiger charge is 2.12. The number of hydrogen-bond acceptors (Lipinski definition) is 7. The smallest absolute Gasteiger partial charge is 0.264 e. The van der Waals surface area contributed by atoms with Gasteiger partial charge in [0.15, 0.2) is 0 Å². The van der Waals surface area contributed by atoms with Gasteiger partial charge in [0.2, 0.25) is 5.95 Å². The molecular formula is C22H19ClFN7O. The summed E-state index contributed by atoms with van der Waals surface area (Å²) in [6, 6.07) is 15.1. The molecule has 162 valence electrons.